The quantitative estimate of drug-likeness (QED) is 0.885. The van der Waals surface area contributed by atoms with Crippen molar-refractivity contribution in [1.82, 2.24) is 10.3 Å². The van der Waals surface area contributed by atoms with Crippen molar-refractivity contribution in [3.05, 3.63) is 40.3 Å². The van der Waals surface area contributed by atoms with Crippen LogP contribution in [0.25, 0.3) is 10.8 Å². The molecule has 4 nitrogen and oxygen atoms in total. The van der Waals surface area contributed by atoms with Gasteiger partial charge in [-0.25, -0.2) is 0 Å². The third-order valence-corrected chi connectivity index (χ3v) is 3.38. The number of aromatic amines is 1. The summed E-state index contributed by atoms with van der Waals surface area (Å²) in [7, 11) is 0. The van der Waals surface area contributed by atoms with Crippen molar-refractivity contribution in [3.8, 4) is 5.75 Å². The molecule has 1 aromatic carbocycles. The smallest absolute Gasteiger partial charge is 0.255 e. The van der Waals surface area contributed by atoms with Crippen LogP contribution in [0.5, 0.6) is 5.75 Å². The van der Waals surface area contributed by atoms with Crippen LogP contribution in [0.2, 0.25) is 0 Å². The minimum atomic E-state index is -0.0512. The lowest BCUT2D eigenvalue weighted by atomic mass is 10.1. The number of H-pyrrole nitrogens is 1. The molecule has 1 aromatic heterocycles. The molecule has 0 aliphatic carbocycles. The van der Waals surface area contributed by atoms with Gasteiger partial charge in [-0.1, -0.05) is 0 Å². The van der Waals surface area contributed by atoms with Gasteiger partial charge in [-0.3, -0.25) is 4.79 Å². The van der Waals surface area contributed by atoms with Gasteiger partial charge in [0, 0.05) is 18.1 Å². The van der Waals surface area contributed by atoms with Crippen LogP contribution in [0.1, 0.15) is 12.0 Å². The molecule has 19 heavy (non-hydrogen) atoms. The van der Waals surface area contributed by atoms with Crippen LogP contribution >= 0.6 is 12.4 Å². The van der Waals surface area contributed by atoms with Gasteiger partial charge in [0.2, 0.25) is 0 Å². The molecular formula is C14H17ClN2O2. The van der Waals surface area contributed by atoms with Crippen LogP contribution in [0.3, 0.4) is 0 Å². The number of benzene rings is 1. The first kappa shape index (κ1) is 13.9. The highest BCUT2D eigenvalue weighted by Gasteiger charge is 2.17. The second-order valence-electron chi connectivity index (χ2n) is 4.74. The highest BCUT2D eigenvalue weighted by Crippen LogP contribution is 2.25. The van der Waals surface area contributed by atoms with E-state index in [0.29, 0.717) is 5.39 Å². The normalized spacial score (nSPS) is 18.3. The lowest BCUT2D eigenvalue weighted by Crippen LogP contribution is -2.20. The van der Waals surface area contributed by atoms with Crippen LogP contribution in [0, 0.1) is 6.92 Å². The average Bonchev–Trinajstić information content (AvgIpc) is 2.84. The topological polar surface area (TPSA) is 54.1 Å². The Hall–Kier alpha value is -1.52. The number of hydrogen-bond donors (Lipinski definition) is 2. The zero-order valence-electron chi connectivity index (χ0n) is 10.7. The molecule has 1 aliphatic heterocycles. The summed E-state index contributed by atoms with van der Waals surface area (Å²) in [6.07, 6.45) is 2.94. The van der Waals surface area contributed by atoms with Crippen LogP contribution in [-0.4, -0.2) is 24.2 Å². The monoisotopic (exact) mass is 280 g/mol. The van der Waals surface area contributed by atoms with Crippen LogP contribution < -0.4 is 15.6 Å². The predicted molar refractivity (Wildman–Crippen MR) is 78.5 cm³/mol. The molecule has 2 N–H and O–H groups in total. The van der Waals surface area contributed by atoms with Crippen molar-refractivity contribution in [2.24, 2.45) is 0 Å². The highest BCUT2D eigenvalue weighted by atomic mass is 35.5. The number of fused-ring (bicyclic) bond motifs is 1. The lowest BCUT2D eigenvalue weighted by molar-refractivity contribution is 0.222. The van der Waals surface area contributed by atoms with Crippen molar-refractivity contribution in [3.63, 3.8) is 0 Å². The zero-order valence-corrected chi connectivity index (χ0v) is 11.5. The van der Waals surface area contributed by atoms with Gasteiger partial charge in [0.05, 0.1) is 0 Å². The number of ether oxygens (including phenoxy) is 1. The van der Waals surface area contributed by atoms with Crippen molar-refractivity contribution >= 4 is 23.2 Å². The molecule has 2 aromatic rings. The Morgan fingerprint density at radius 1 is 1.37 bits per heavy atom. The van der Waals surface area contributed by atoms with Crippen molar-refractivity contribution in [1.29, 1.82) is 0 Å². The van der Waals surface area contributed by atoms with E-state index in [0.717, 1.165) is 36.2 Å². The van der Waals surface area contributed by atoms with Gasteiger partial charge in [0.25, 0.3) is 5.56 Å². The first-order valence-electron chi connectivity index (χ1n) is 6.23. The van der Waals surface area contributed by atoms with E-state index < -0.39 is 0 Å². The van der Waals surface area contributed by atoms with Gasteiger partial charge in [-0.15, -0.1) is 12.4 Å². The van der Waals surface area contributed by atoms with Gasteiger partial charge < -0.3 is 15.0 Å². The standard InChI is InChI=1S/C14H16N2O2.ClH/c1-9-6-12-10(2-5-16-14(12)17)7-13(9)18-11-3-4-15-8-11;/h2,5-7,11,15H,3-4,8H2,1H3,(H,16,17);1H. The summed E-state index contributed by atoms with van der Waals surface area (Å²) in [5, 5.41) is 4.91. The van der Waals surface area contributed by atoms with E-state index in [-0.39, 0.29) is 24.1 Å². The lowest BCUT2D eigenvalue weighted by Gasteiger charge is -2.15. The SMILES string of the molecule is Cc1cc2c(=O)[nH]ccc2cc1OC1CCNC1.Cl. The molecule has 0 bridgehead atoms. The van der Waals surface area contributed by atoms with Gasteiger partial charge in [0.1, 0.15) is 11.9 Å². The third kappa shape index (κ3) is 2.74. The van der Waals surface area contributed by atoms with Crippen molar-refractivity contribution in [2.45, 2.75) is 19.4 Å². The molecule has 1 fully saturated rings. The van der Waals surface area contributed by atoms with E-state index in [2.05, 4.69) is 10.3 Å². The molecule has 3 rings (SSSR count). The fourth-order valence-corrected chi connectivity index (χ4v) is 2.36. The summed E-state index contributed by atoms with van der Waals surface area (Å²) in [4.78, 5) is 14.4. The Kier molecular flexibility index (Phi) is 4.12. The molecule has 0 spiro atoms. The summed E-state index contributed by atoms with van der Waals surface area (Å²) >= 11 is 0. The number of nitrogens with one attached hydrogen (secondary N) is 2. The summed E-state index contributed by atoms with van der Waals surface area (Å²) in [5.74, 6) is 0.877. The summed E-state index contributed by atoms with van der Waals surface area (Å²) in [5.41, 5.74) is 0.954. The number of halogens is 1. The number of aryl methyl sites for hydroxylation is 1. The maximum absolute atomic E-state index is 11.7. The molecule has 102 valence electrons. The number of hydrogen-bond acceptors (Lipinski definition) is 3. The van der Waals surface area contributed by atoms with E-state index in [1.807, 2.05) is 25.1 Å². The molecule has 1 unspecified atom stereocenters. The summed E-state index contributed by atoms with van der Waals surface area (Å²) in [6, 6.07) is 5.75. The van der Waals surface area contributed by atoms with E-state index in [1.54, 1.807) is 6.20 Å². The van der Waals surface area contributed by atoms with E-state index in [1.165, 1.54) is 0 Å². The average molecular weight is 281 g/mol. The Labute approximate surface area is 117 Å². The first-order chi connectivity index (χ1) is 8.74. The molecular weight excluding hydrogens is 264 g/mol. The molecule has 1 atom stereocenters. The van der Waals surface area contributed by atoms with Crippen molar-refractivity contribution in [2.75, 3.05) is 13.1 Å². The zero-order chi connectivity index (χ0) is 12.5. The molecule has 0 saturated carbocycles. The second kappa shape index (κ2) is 5.63. The fraction of sp³-hybridized carbons (Fsp3) is 0.357. The first-order valence-corrected chi connectivity index (χ1v) is 6.23. The Morgan fingerprint density at radius 3 is 2.95 bits per heavy atom. The van der Waals surface area contributed by atoms with Gasteiger partial charge in [-0.2, -0.15) is 0 Å². The second-order valence-corrected chi connectivity index (χ2v) is 4.74. The predicted octanol–water partition coefficient (Wildman–Crippen LogP) is 2.00. The fourth-order valence-electron chi connectivity index (χ4n) is 2.36. The highest BCUT2D eigenvalue weighted by molar-refractivity contribution is 5.85. The molecule has 1 saturated heterocycles. The van der Waals surface area contributed by atoms with Crippen LogP contribution in [-0.2, 0) is 0 Å². The number of pyridine rings is 1. The van der Waals surface area contributed by atoms with E-state index in [4.69, 9.17) is 4.74 Å². The van der Waals surface area contributed by atoms with Gasteiger partial charge >= 0.3 is 0 Å². The number of aromatic nitrogens is 1. The van der Waals surface area contributed by atoms with E-state index >= 15 is 0 Å². The van der Waals surface area contributed by atoms with E-state index in [9.17, 15) is 4.79 Å². The summed E-state index contributed by atoms with van der Waals surface area (Å²) in [6.45, 7) is 3.88. The maximum Gasteiger partial charge on any atom is 0.255 e. The molecule has 2 heterocycles. The molecule has 1 aliphatic rings. The van der Waals surface area contributed by atoms with Crippen molar-refractivity contribution < 1.29 is 4.74 Å². The van der Waals surface area contributed by atoms with Crippen LogP contribution in [0.15, 0.2) is 29.2 Å². The Balaban J connectivity index is 0.00000133. The summed E-state index contributed by atoms with van der Waals surface area (Å²) < 4.78 is 5.98. The maximum atomic E-state index is 11.7. The minimum Gasteiger partial charge on any atom is -0.489 e. The molecule has 0 radical (unpaired) electrons. The number of rotatable bonds is 2. The Morgan fingerprint density at radius 2 is 2.21 bits per heavy atom. The molecule has 0 amide bonds. The van der Waals surface area contributed by atoms with Crippen LogP contribution in [0.4, 0.5) is 0 Å². The third-order valence-electron chi connectivity index (χ3n) is 3.38. The van der Waals surface area contributed by atoms with Gasteiger partial charge in [0.15, 0.2) is 0 Å². The van der Waals surface area contributed by atoms with Gasteiger partial charge in [-0.05, 0) is 49.0 Å². The Bertz CT molecular complexity index is 633. The largest absolute Gasteiger partial charge is 0.489 e. The minimum absolute atomic E-state index is 0. The molecule has 5 heteroatoms.